The minimum Gasteiger partial charge on any atom is -0.314 e. The van der Waals surface area contributed by atoms with Gasteiger partial charge < -0.3 is 4.57 Å². The van der Waals surface area contributed by atoms with E-state index >= 15 is 0 Å². The van der Waals surface area contributed by atoms with Crippen LogP contribution in [0.25, 0.3) is 11.4 Å². The van der Waals surface area contributed by atoms with Crippen LogP contribution in [0.3, 0.4) is 0 Å². The Morgan fingerprint density at radius 3 is 2.93 bits per heavy atom. The first-order valence-electron chi connectivity index (χ1n) is 4.55. The average molecular weight is 270 g/mol. The number of aryl methyl sites for hydroxylation is 1. The maximum atomic E-state index is 13.6. The highest BCUT2D eigenvalue weighted by molar-refractivity contribution is 9.10. The largest absolute Gasteiger partial charge is 0.314 e. The van der Waals surface area contributed by atoms with Gasteiger partial charge in [0.05, 0.1) is 5.56 Å². The molecule has 0 saturated carbocycles. The summed E-state index contributed by atoms with van der Waals surface area (Å²) in [6.07, 6.45) is 1.59. The molecule has 1 heterocycles. The standard InChI is InChI=1S/C10H9BrFN3/c1-2-15-6-13-14-10(15)8-4-3-7(11)5-9(8)12/h3-6H,2H2,1H3. The molecule has 0 bridgehead atoms. The van der Waals surface area contributed by atoms with Crippen molar-refractivity contribution in [2.75, 3.05) is 0 Å². The van der Waals surface area contributed by atoms with Crippen molar-refractivity contribution < 1.29 is 4.39 Å². The zero-order valence-corrected chi connectivity index (χ0v) is 9.70. The van der Waals surface area contributed by atoms with E-state index in [2.05, 4.69) is 26.1 Å². The molecule has 0 radical (unpaired) electrons. The molecule has 0 atom stereocenters. The highest BCUT2D eigenvalue weighted by atomic mass is 79.9. The lowest BCUT2D eigenvalue weighted by Gasteiger charge is -2.04. The number of rotatable bonds is 2. The Labute approximate surface area is 95.1 Å². The molecule has 78 valence electrons. The smallest absolute Gasteiger partial charge is 0.166 e. The SMILES string of the molecule is CCn1cnnc1-c1ccc(Br)cc1F. The van der Waals surface area contributed by atoms with Gasteiger partial charge in [-0.1, -0.05) is 15.9 Å². The molecule has 1 aromatic heterocycles. The maximum absolute atomic E-state index is 13.6. The average Bonchev–Trinajstić information content (AvgIpc) is 2.65. The Kier molecular flexibility index (Phi) is 2.81. The molecule has 0 fully saturated rings. The van der Waals surface area contributed by atoms with Gasteiger partial charge in [0.2, 0.25) is 0 Å². The number of halogens is 2. The first-order valence-corrected chi connectivity index (χ1v) is 5.35. The third-order valence-electron chi connectivity index (χ3n) is 2.13. The van der Waals surface area contributed by atoms with Crippen molar-refractivity contribution in [1.29, 1.82) is 0 Å². The van der Waals surface area contributed by atoms with E-state index in [9.17, 15) is 4.39 Å². The van der Waals surface area contributed by atoms with Crippen molar-refractivity contribution in [2.45, 2.75) is 13.5 Å². The van der Waals surface area contributed by atoms with E-state index in [0.717, 1.165) is 6.54 Å². The molecule has 0 N–H and O–H groups in total. The molecular formula is C10H9BrFN3. The topological polar surface area (TPSA) is 30.7 Å². The van der Waals surface area contributed by atoms with Gasteiger partial charge in [-0.2, -0.15) is 0 Å². The van der Waals surface area contributed by atoms with Gasteiger partial charge in [0, 0.05) is 11.0 Å². The minimum absolute atomic E-state index is 0.299. The molecule has 0 spiro atoms. The van der Waals surface area contributed by atoms with Crippen LogP contribution in [-0.2, 0) is 6.54 Å². The number of nitrogens with zero attached hydrogens (tertiary/aromatic N) is 3. The van der Waals surface area contributed by atoms with Gasteiger partial charge in [-0.15, -0.1) is 10.2 Å². The molecule has 0 unspecified atom stereocenters. The van der Waals surface area contributed by atoms with Gasteiger partial charge in [-0.05, 0) is 25.1 Å². The molecule has 0 aliphatic heterocycles. The lowest BCUT2D eigenvalue weighted by Crippen LogP contribution is -1.97. The summed E-state index contributed by atoms with van der Waals surface area (Å²) in [4.78, 5) is 0. The van der Waals surface area contributed by atoms with Crippen molar-refractivity contribution in [3.8, 4) is 11.4 Å². The van der Waals surface area contributed by atoms with E-state index in [-0.39, 0.29) is 5.82 Å². The second-order valence-electron chi connectivity index (χ2n) is 3.06. The van der Waals surface area contributed by atoms with Crippen LogP contribution >= 0.6 is 15.9 Å². The molecule has 2 aromatic rings. The number of hydrogen-bond donors (Lipinski definition) is 0. The molecule has 0 saturated heterocycles. The monoisotopic (exact) mass is 269 g/mol. The van der Waals surface area contributed by atoms with Crippen molar-refractivity contribution in [1.82, 2.24) is 14.8 Å². The summed E-state index contributed by atoms with van der Waals surface area (Å²) in [7, 11) is 0. The fourth-order valence-electron chi connectivity index (χ4n) is 1.37. The van der Waals surface area contributed by atoms with E-state index in [1.54, 1.807) is 23.0 Å². The second kappa shape index (κ2) is 4.10. The van der Waals surface area contributed by atoms with Gasteiger partial charge in [0.25, 0.3) is 0 Å². The van der Waals surface area contributed by atoms with Crippen LogP contribution in [0.15, 0.2) is 29.0 Å². The van der Waals surface area contributed by atoms with E-state index in [1.807, 2.05) is 6.92 Å². The molecule has 0 aliphatic carbocycles. The van der Waals surface area contributed by atoms with Crippen LogP contribution in [0.5, 0.6) is 0 Å². The van der Waals surface area contributed by atoms with E-state index in [4.69, 9.17) is 0 Å². The Morgan fingerprint density at radius 1 is 1.47 bits per heavy atom. The number of hydrogen-bond acceptors (Lipinski definition) is 2. The first-order chi connectivity index (χ1) is 7.22. The van der Waals surface area contributed by atoms with E-state index < -0.39 is 0 Å². The van der Waals surface area contributed by atoms with Crippen molar-refractivity contribution in [3.63, 3.8) is 0 Å². The van der Waals surface area contributed by atoms with Crippen molar-refractivity contribution in [3.05, 3.63) is 34.8 Å². The predicted molar refractivity (Wildman–Crippen MR) is 58.8 cm³/mol. The van der Waals surface area contributed by atoms with Gasteiger partial charge in [0.1, 0.15) is 12.1 Å². The van der Waals surface area contributed by atoms with Crippen LogP contribution in [0.2, 0.25) is 0 Å². The number of benzene rings is 1. The van der Waals surface area contributed by atoms with E-state index in [0.29, 0.717) is 15.9 Å². The Morgan fingerprint density at radius 2 is 2.27 bits per heavy atom. The molecule has 15 heavy (non-hydrogen) atoms. The molecule has 0 aliphatic rings. The highest BCUT2D eigenvalue weighted by Crippen LogP contribution is 2.23. The molecular weight excluding hydrogens is 261 g/mol. The van der Waals surface area contributed by atoms with Crippen LogP contribution in [0, 0.1) is 5.82 Å². The summed E-state index contributed by atoms with van der Waals surface area (Å²) in [5, 5.41) is 7.67. The van der Waals surface area contributed by atoms with Crippen LogP contribution in [0.4, 0.5) is 4.39 Å². The highest BCUT2D eigenvalue weighted by Gasteiger charge is 2.11. The first kappa shape index (κ1) is 10.3. The summed E-state index contributed by atoms with van der Waals surface area (Å²) in [5.74, 6) is 0.259. The lowest BCUT2D eigenvalue weighted by molar-refractivity contribution is 0.626. The fourth-order valence-corrected chi connectivity index (χ4v) is 1.70. The summed E-state index contributed by atoms with van der Waals surface area (Å²) in [6, 6.07) is 4.90. The van der Waals surface area contributed by atoms with Crippen molar-refractivity contribution >= 4 is 15.9 Å². The molecule has 1 aromatic carbocycles. The summed E-state index contributed by atoms with van der Waals surface area (Å²) < 4.78 is 16.1. The third-order valence-corrected chi connectivity index (χ3v) is 2.62. The van der Waals surface area contributed by atoms with Gasteiger partial charge in [-0.25, -0.2) is 4.39 Å². The Balaban J connectivity index is 2.54. The van der Waals surface area contributed by atoms with Gasteiger partial charge in [-0.3, -0.25) is 0 Å². The van der Waals surface area contributed by atoms with Gasteiger partial charge >= 0.3 is 0 Å². The van der Waals surface area contributed by atoms with Crippen LogP contribution in [0.1, 0.15) is 6.92 Å². The molecule has 5 heteroatoms. The van der Waals surface area contributed by atoms with E-state index in [1.165, 1.54) is 6.07 Å². The Bertz CT molecular complexity index is 481. The third kappa shape index (κ3) is 1.92. The minimum atomic E-state index is -0.299. The lowest BCUT2D eigenvalue weighted by atomic mass is 10.2. The van der Waals surface area contributed by atoms with Crippen LogP contribution in [-0.4, -0.2) is 14.8 Å². The Hall–Kier alpha value is -1.23. The normalized spacial score (nSPS) is 10.6. The fraction of sp³-hybridized carbons (Fsp3) is 0.200. The maximum Gasteiger partial charge on any atom is 0.166 e. The summed E-state index contributed by atoms with van der Waals surface area (Å²) >= 11 is 3.21. The summed E-state index contributed by atoms with van der Waals surface area (Å²) in [5.41, 5.74) is 0.470. The number of aromatic nitrogens is 3. The zero-order chi connectivity index (χ0) is 10.8. The molecule has 0 amide bonds. The van der Waals surface area contributed by atoms with Crippen LogP contribution < -0.4 is 0 Å². The molecule has 2 rings (SSSR count). The molecule has 3 nitrogen and oxygen atoms in total. The predicted octanol–water partition coefficient (Wildman–Crippen LogP) is 2.87. The zero-order valence-electron chi connectivity index (χ0n) is 8.11. The quantitative estimate of drug-likeness (QED) is 0.840. The van der Waals surface area contributed by atoms with Crippen molar-refractivity contribution in [2.24, 2.45) is 0 Å². The second-order valence-corrected chi connectivity index (χ2v) is 3.98. The van der Waals surface area contributed by atoms with Gasteiger partial charge in [0.15, 0.2) is 5.82 Å². The summed E-state index contributed by atoms with van der Waals surface area (Å²) in [6.45, 7) is 2.68.